The van der Waals surface area contributed by atoms with Crippen LogP contribution in [0, 0.1) is 10.1 Å². The molecule has 3 aromatic rings. The van der Waals surface area contributed by atoms with Crippen LogP contribution >= 0.6 is 0 Å². The molecule has 0 aliphatic heterocycles. The Kier molecular flexibility index (Phi) is 7.55. The van der Waals surface area contributed by atoms with E-state index in [4.69, 9.17) is 10.5 Å². The fourth-order valence-electron chi connectivity index (χ4n) is 3.48. The molecule has 9 nitrogen and oxygen atoms in total. The van der Waals surface area contributed by atoms with E-state index < -0.39 is 10.5 Å². The maximum Gasteiger partial charge on any atom is 0.340 e. The number of carbonyl (C=O) groups is 1. The minimum Gasteiger partial charge on any atom is -0.456 e. The first kappa shape index (κ1) is 24.8. The lowest BCUT2D eigenvalue weighted by Crippen LogP contribution is -2.24. The minimum atomic E-state index is -0.591. The first-order chi connectivity index (χ1) is 16.1. The molecule has 0 aliphatic carbocycles. The number of hydrogen-bond acceptors (Lipinski definition) is 7. The van der Waals surface area contributed by atoms with Crippen molar-refractivity contribution < 1.29 is 14.5 Å². The van der Waals surface area contributed by atoms with E-state index in [0.717, 1.165) is 24.0 Å². The molecule has 0 unspecified atom stereocenters. The van der Waals surface area contributed by atoms with E-state index >= 15 is 0 Å². The van der Waals surface area contributed by atoms with Crippen LogP contribution in [0.4, 0.5) is 17.3 Å². The highest BCUT2D eigenvalue weighted by Gasteiger charge is 2.23. The number of benzene rings is 1. The molecule has 2 aromatic heterocycles. The Hall–Kier alpha value is -3.88. The topological polar surface area (TPSA) is 125 Å². The highest BCUT2D eigenvalue weighted by atomic mass is 16.6. The second-order valence-electron chi connectivity index (χ2n) is 9.01. The molecule has 3 N–H and O–H groups in total. The summed E-state index contributed by atoms with van der Waals surface area (Å²) in [5.41, 5.74) is 8.38. The summed E-state index contributed by atoms with van der Waals surface area (Å²) in [6.45, 7) is 8.88. The van der Waals surface area contributed by atoms with E-state index in [1.54, 1.807) is 0 Å². The van der Waals surface area contributed by atoms with Gasteiger partial charge in [-0.15, -0.1) is 0 Å². The summed E-state index contributed by atoms with van der Waals surface area (Å²) < 4.78 is 7.61. The van der Waals surface area contributed by atoms with E-state index in [-0.39, 0.29) is 17.5 Å². The number of nitrogens with zero attached hydrogens (tertiary/aromatic N) is 3. The highest BCUT2D eigenvalue weighted by molar-refractivity contribution is 5.97. The maximum atomic E-state index is 12.9. The largest absolute Gasteiger partial charge is 0.456 e. The number of aryl methyl sites for hydroxylation is 2. The maximum absolute atomic E-state index is 12.9. The third-order valence-electron chi connectivity index (χ3n) is 5.17. The van der Waals surface area contributed by atoms with E-state index in [0.29, 0.717) is 24.5 Å². The number of carbonyl (C=O) groups excluding carboxylic acids is 1. The van der Waals surface area contributed by atoms with Gasteiger partial charge >= 0.3 is 11.7 Å². The number of nitro groups is 1. The van der Waals surface area contributed by atoms with Crippen molar-refractivity contribution in [1.82, 2.24) is 9.55 Å². The van der Waals surface area contributed by atoms with Crippen molar-refractivity contribution in [2.75, 3.05) is 17.6 Å². The highest BCUT2D eigenvalue weighted by Crippen LogP contribution is 2.28. The number of anilines is 2. The van der Waals surface area contributed by atoms with Crippen molar-refractivity contribution >= 4 is 23.3 Å². The van der Waals surface area contributed by atoms with Gasteiger partial charge in [0, 0.05) is 37.1 Å². The van der Waals surface area contributed by atoms with Gasteiger partial charge in [0.05, 0.1) is 10.5 Å². The number of hydrogen-bond donors (Lipinski definition) is 2. The summed E-state index contributed by atoms with van der Waals surface area (Å²) in [6, 6.07) is 11.1. The smallest absolute Gasteiger partial charge is 0.340 e. The number of ether oxygens (including phenoxy) is 1. The Labute approximate surface area is 199 Å². The van der Waals surface area contributed by atoms with Gasteiger partial charge in [0.1, 0.15) is 11.4 Å². The average molecular weight is 466 g/mol. The summed E-state index contributed by atoms with van der Waals surface area (Å²) in [5, 5.41) is 14.0. The van der Waals surface area contributed by atoms with Crippen LogP contribution in [-0.4, -0.2) is 32.6 Å². The molecule has 1 aromatic carbocycles. The molecule has 0 amide bonds. The molecule has 2 heterocycles. The molecule has 0 bridgehead atoms. The van der Waals surface area contributed by atoms with Gasteiger partial charge < -0.3 is 20.4 Å². The fourth-order valence-corrected chi connectivity index (χ4v) is 3.48. The first-order valence-corrected chi connectivity index (χ1v) is 11.2. The average Bonchev–Trinajstić information content (AvgIpc) is 3.20. The van der Waals surface area contributed by atoms with Gasteiger partial charge in [-0.2, -0.15) is 0 Å². The Morgan fingerprint density at radius 1 is 1.18 bits per heavy atom. The third-order valence-corrected chi connectivity index (χ3v) is 5.17. The normalized spacial score (nSPS) is 11.3. The van der Waals surface area contributed by atoms with Crippen LogP contribution in [-0.2, 0) is 17.7 Å². The van der Waals surface area contributed by atoms with Gasteiger partial charge in [-0.25, -0.2) is 9.78 Å². The zero-order valence-corrected chi connectivity index (χ0v) is 20.0. The van der Waals surface area contributed by atoms with Gasteiger partial charge in [-0.05, 0) is 50.8 Å². The number of nitrogens with two attached hydrogens (primary N) is 1. The summed E-state index contributed by atoms with van der Waals surface area (Å²) in [4.78, 5) is 27.2. The molecule has 0 radical (unpaired) electrons. The molecule has 9 heteroatoms. The van der Waals surface area contributed by atoms with Crippen molar-refractivity contribution in [3.05, 3.63) is 70.0 Å². The molecule has 0 spiro atoms. The molecule has 0 aliphatic rings. The third kappa shape index (κ3) is 6.34. The molecular weight excluding hydrogens is 434 g/mol. The van der Waals surface area contributed by atoms with Crippen LogP contribution in [0.15, 0.2) is 48.8 Å². The minimum absolute atomic E-state index is 0.124. The number of nitrogens with one attached hydrogen (secondary N) is 1. The molecule has 0 atom stereocenters. The number of esters is 1. The van der Waals surface area contributed by atoms with Crippen LogP contribution in [0.2, 0.25) is 0 Å². The van der Waals surface area contributed by atoms with Gasteiger partial charge in [-0.3, -0.25) is 10.1 Å². The summed E-state index contributed by atoms with van der Waals surface area (Å²) >= 11 is 0. The number of aromatic nitrogens is 2. The van der Waals surface area contributed by atoms with Crippen molar-refractivity contribution in [3.8, 4) is 11.1 Å². The molecule has 3 rings (SSSR count). The standard InChI is InChI=1S/C25H31N5O4/c1-5-17-7-9-18(10-8-17)19-15-29(16-20(19)24(31)34-25(2,3)4)14-6-13-27-22-12-11-21(30(32)33)23(26)28-22/h7-12,15-16H,5-6,13-14H2,1-4H3,(H3,26,27,28). The van der Waals surface area contributed by atoms with E-state index in [2.05, 4.69) is 29.4 Å². The van der Waals surface area contributed by atoms with Gasteiger partial charge in [0.25, 0.3) is 0 Å². The Morgan fingerprint density at radius 3 is 2.47 bits per heavy atom. The van der Waals surface area contributed by atoms with E-state index in [1.165, 1.54) is 17.7 Å². The Morgan fingerprint density at radius 2 is 1.88 bits per heavy atom. The van der Waals surface area contributed by atoms with Crippen LogP contribution in [0.3, 0.4) is 0 Å². The van der Waals surface area contributed by atoms with E-state index in [1.807, 2.05) is 49.9 Å². The lowest BCUT2D eigenvalue weighted by Gasteiger charge is -2.19. The SMILES string of the molecule is CCc1ccc(-c2cn(CCCNc3ccc([N+](=O)[O-])c(N)n3)cc2C(=O)OC(C)(C)C)cc1. The van der Waals surface area contributed by atoms with Gasteiger partial charge in [-0.1, -0.05) is 31.2 Å². The van der Waals surface area contributed by atoms with Gasteiger partial charge in [0.15, 0.2) is 0 Å². The van der Waals surface area contributed by atoms with Crippen molar-refractivity contribution in [2.24, 2.45) is 0 Å². The second kappa shape index (κ2) is 10.4. The molecule has 0 saturated heterocycles. The van der Waals surface area contributed by atoms with E-state index in [9.17, 15) is 14.9 Å². The zero-order chi connectivity index (χ0) is 24.9. The van der Waals surface area contributed by atoms with Crippen LogP contribution in [0.1, 0.15) is 50.0 Å². The number of nitrogen functional groups attached to an aromatic ring is 1. The monoisotopic (exact) mass is 465 g/mol. The van der Waals surface area contributed by atoms with Crippen LogP contribution < -0.4 is 11.1 Å². The van der Waals surface area contributed by atoms with Crippen LogP contribution in [0.5, 0.6) is 0 Å². The van der Waals surface area contributed by atoms with Crippen molar-refractivity contribution in [2.45, 2.75) is 52.7 Å². The first-order valence-electron chi connectivity index (χ1n) is 11.2. The fraction of sp³-hybridized carbons (Fsp3) is 0.360. The van der Waals surface area contributed by atoms with Crippen molar-refractivity contribution in [1.29, 1.82) is 0 Å². The predicted octanol–water partition coefficient (Wildman–Crippen LogP) is 5.06. The zero-order valence-electron chi connectivity index (χ0n) is 20.0. The Balaban J connectivity index is 1.72. The van der Waals surface area contributed by atoms with Crippen molar-refractivity contribution in [3.63, 3.8) is 0 Å². The van der Waals surface area contributed by atoms with Gasteiger partial charge in [0.2, 0.25) is 5.82 Å². The molecular formula is C25H31N5O4. The Bertz CT molecular complexity index is 1160. The molecule has 180 valence electrons. The lowest BCUT2D eigenvalue weighted by molar-refractivity contribution is -0.384. The van der Waals surface area contributed by atoms with Crippen LogP contribution in [0.25, 0.3) is 11.1 Å². The summed E-state index contributed by atoms with van der Waals surface area (Å²) in [6.07, 6.45) is 5.46. The second-order valence-corrected chi connectivity index (χ2v) is 9.01. The molecule has 0 saturated carbocycles. The number of pyridine rings is 1. The predicted molar refractivity (Wildman–Crippen MR) is 133 cm³/mol. The molecule has 0 fully saturated rings. The summed E-state index contributed by atoms with van der Waals surface area (Å²) in [5.74, 6) is -0.00704. The summed E-state index contributed by atoms with van der Waals surface area (Å²) in [7, 11) is 0. The lowest BCUT2D eigenvalue weighted by atomic mass is 10.0. The molecule has 34 heavy (non-hydrogen) atoms. The quantitative estimate of drug-likeness (QED) is 0.196. The number of rotatable bonds is 9.